The van der Waals surface area contributed by atoms with Crippen LogP contribution in [0.2, 0.25) is 0 Å². The third kappa shape index (κ3) is 5.81. The van der Waals surface area contributed by atoms with E-state index in [-0.39, 0.29) is 12.2 Å². The number of ether oxygens (including phenoxy) is 3. The largest absolute Gasteiger partial charge is 0.493 e. The Morgan fingerprint density at radius 2 is 1.97 bits per heavy atom. The lowest BCUT2D eigenvalue weighted by Gasteiger charge is -2.25. The molecule has 204 valence electrons. The number of rotatable bonds is 9. The van der Waals surface area contributed by atoms with Crippen molar-refractivity contribution >= 4 is 51.7 Å². The predicted octanol–water partition coefficient (Wildman–Crippen LogP) is 4.04. The van der Waals surface area contributed by atoms with Crippen molar-refractivity contribution in [3.8, 4) is 11.5 Å². The molecule has 0 amide bonds. The van der Waals surface area contributed by atoms with Crippen molar-refractivity contribution in [1.82, 2.24) is 4.57 Å². The summed E-state index contributed by atoms with van der Waals surface area (Å²) in [5.74, 6) is 0.693. The molecule has 1 aliphatic rings. The number of benzene rings is 2. The third-order valence-electron chi connectivity index (χ3n) is 6.14. The Labute approximate surface area is 244 Å². The highest BCUT2D eigenvalue weighted by atomic mass is 127. The molecular formula is C29H30IN3O5S. The quantitative estimate of drug-likeness (QED) is 0.196. The minimum absolute atomic E-state index is 0.222. The first-order valence-corrected chi connectivity index (χ1v) is 14.2. The van der Waals surface area contributed by atoms with Crippen LogP contribution in [0.4, 0.5) is 5.69 Å². The lowest BCUT2D eigenvalue weighted by molar-refractivity contribution is -0.139. The van der Waals surface area contributed by atoms with Crippen molar-refractivity contribution in [2.45, 2.75) is 19.9 Å². The van der Waals surface area contributed by atoms with Crippen LogP contribution in [0.3, 0.4) is 0 Å². The van der Waals surface area contributed by atoms with Crippen LogP contribution in [-0.2, 0) is 9.53 Å². The molecular weight excluding hydrogens is 629 g/mol. The number of halogens is 1. The van der Waals surface area contributed by atoms with Gasteiger partial charge in [0, 0.05) is 19.8 Å². The van der Waals surface area contributed by atoms with Gasteiger partial charge in [-0.2, -0.15) is 0 Å². The maximum Gasteiger partial charge on any atom is 0.338 e. The van der Waals surface area contributed by atoms with Crippen molar-refractivity contribution in [3.63, 3.8) is 0 Å². The Morgan fingerprint density at radius 1 is 1.26 bits per heavy atom. The number of thiazole rings is 1. The molecule has 0 bridgehead atoms. The van der Waals surface area contributed by atoms with Gasteiger partial charge in [-0.15, -0.1) is 0 Å². The Hall–Kier alpha value is -3.38. The van der Waals surface area contributed by atoms with E-state index >= 15 is 0 Å². The van der Waals surface area contributed by atoms with Crippen LogP contribution in [0.15, 0.2) is 70.1 Å². The maximum atomic E-state index is 13.9. The first kappa shape index (κ1) is 28.6. The Kier molecular flexibility index (Phi) is 8.96. The molecule has 1 aliphatic heterocycles. The first-order chi connectivity index (χ1) is 18.7. The molecule has 0 fully saturated rings. The summed E-state index contributed by atoms with van der Waals surface area (Å²) >= 11 is 3.46. The molecule has 1 aromatic heterocycles. The fraction of sp³-hybridized carbons (Fsp3) is 0.276. The van der Waals surface area contributed by atoms with Gasteiger partial charge in [-0.25, -0.2) is 9.79 Å². The number of hydrogen-bond acceptors (Lipinski definition) is 8. The molecule has 1 atom stereocenters. The zero-order valence-corrected chi connectivity index (χ0v) is 25.5. The van der Waals surface area contributed by atoms with E-state index in [2.05, 4.69) is 34.2 Å². The first-order valence-electron chi connectivity index (χ1n) is 12.3. The lowest BCUT2D eigenvalue weighted by atomic mass is 9.95. The number of anilines is 1. The van der Waals surface area contributed by atoms with Gasteiger partial charge in [-0.3, -0.25) is 9.36 Å². The van der Waals surface area contributed by atoms with E-state index < -0.39 is 12.0 Å². The van der Waals surface area contributed by atoms with Crippen molar-refractivity contribution in [1.29, 1.82) is 0 Å². The van der Waals surface area contributed by atoms with Crippen LogP contribution in [0.25, 0.3) is 6.08 Å². The number of hydrogen-bond donors (Lipinski definition) is 0. The van der Waals surface area contributed by atoms with Crippen molar-refractivity contribution in [2.24, 2.45) is 4.99 Å². The summed E-state index contributed by atoms with van der Waals surface area (Å²) in [4.78, 5) is 34.2. The van der Waals surface area contributed by atoms with Crippen LogP contribution < -0.4 is 29.3 Å². The molecule has 0 radical (unpaired) electrons. The van der Waals surface area contributed by atoms with Gasteiger partial charge in [0.1, 0.15) is 6.61 Å². The number of aromatic nitrogens is 1. The third-order valence-corrected chi connectivity index (χ3v) is 7.92. The Bertz CT molecular complexity index is 1620. The minimum Gasteiger partial charge on any atom is -0.493 e. The average Bonchev–Trinajstić information content (AvgIpc) is 3.21. The molecule has 0 saturated carbocycles. The number of nitrogens with zero attached hydrogens (tertiary/aromatic N) is 3. The zero-order chi connectivity index (χ0) is 28.3. The van der Waals surface area contributed by atoms with Crippen LogP contribution >= 0.6 is 33.9 Å². The highest BCUT2D eigenvalue weighted by Gasteiger charge is 2.33. The molecule has 0 unspecified atom stereocenters. The molecule has 0 saturated heterocycles. The van der Waals surface area contributed by atoms with Crippen LogP contribution in [0, 0.1) is 3.57 Å². The zero-order valence-electron chi connectivity index (χ0n) is 22.5. The summed E-state index contributed by atoms with van der Waals surface area (Å²) < 4.78 is 19.6. The summed E-state index contributed by atoms with van der Waals surface area (Å²) in [6.45, 7) is 7.80. The van der Waals surface area contributed by atoms with Gasteiger partial charge in [0.2, 0.25) is 0 Å². The van der Waals surface area contributed by atoms with Crippen molar-refractivity contribution in [3.05, 3.63) is 94.7 Å². The van der Waals surface area contributed by atoms with Crippen LogP contribution in [0.5, 0.6) is 11.5 Å². The molecule has 4 rings (SSSR count). The molecule has 3 aromatic rings. The molecule has 0 aliphatic carbocycles. The summed E-state index contributed by atoms with van der Waals surface area (Å²) in [7, 11) is 5.49. The van der Waals surface area contributed by atoms with Crippen LogP contribution in [0.1, 0.15) is 31.0 Å². The van der Waals surface area contributed by atoms with Crippen LogP contribution in [-0.4, -0.2) is 45.0 Å². The number of esters is 1. The van der Waals surface area contributed by atoms with E-state index in [0.29, 0.717) is 38.7 Å². The second kappa shape index (κ2) is 12.2. The number of carbonyl (C=O) groups excluding carboxylic acids is 1. The monoisotopic (exact) mass is 659 g/mol. The molecule has 2 aromatic carbocycles. The molecule has 39 heavy (non-hydrogen) atoms. The summed E-state index contributed by atoms with van der Waals surface area (Å²) in [5, 5.41) is 0. The van der Waals surface area contributed by atoms with Gasteiger partial charge >= 0.3 is 5.97 Å². The molecule has 10 heteroatoms. The van der Waals surface area contributed by atoms with E-state index in [1.807, 2.05) is 55.4 Å². The van der Waals surface area contributed by atoms with E-state index in [1.54, 1.807) is 37.7 Å². The fourth-order valence-electron chi connectivity index (χ4n) is 4.32. The standard InChI is InChI=1S/C29H30IN3O5S/c1-7-13-38-26-21(30)14-18(15-22(26)36-6)16-23-27(34)33-25(19-9-11-20(12-10-19)32(4)5)24(28(35)37-8-2)17(3)31-29(33)39-23/h7,9-12,14-16,25H,1,8,13H2,2-6H3/b23-16+/t25-/m1/s1. The fourth-order valence-corrected chi connectivity index (χ4v) is 6.15. The minimum atomic E-state index is -0.664. The Morgan fingerprint density at radius 3 is 2.59 bits per heavy atom. The van der Waals surface area contributed by atoms with Gasteiger partial charge in [0.25, 0.3) is 5.56 Å². The van der Waals surface area contributed by atoms with Gasteiger partial charge in [-0.05, 0) is 77.9 Å². The van der Waals surface area contributed by atoms with Crippen molar-refractivity contribution in [2.75, 3.05) is 39.3 Å². The topological polar surface area (TPSA) is 82.4 Å². The van der Waals surface area contributed by atoms with E-state index in [1.165, 1.54) is 11.3 Å². The van der Waals surface area contributed by atoms with Gasteiger partial charge in [-0.1, -0.05) is 36.1 Å². The van der Waals surface area contributed by atoms with E-state index in [9.17, 15) is 9.59 Å². The summed E-state index contributed by atoms with van der Waals surface area (Å²) in [6, 6.07) is 10.9. The van der Waals surface area contributed by atoms with E-state index in [4.69, 9.17) is 14.2 Å². The normalized spacial score (nSPS) is 14.9. The highest BCUT2D eigenvalue weighted by molar-refractivity contribution is 14.1. The molecule has 8 nitrogen and oxygen atoms in total. The summed E-state index contributed by atoms with van der Waals surface area (Å²) in [5.41, 5.74) is 3.23. The maximum absolute atomic E-state index is 13.9. The van der Waals surface area contributed by atoms with Gasteiger partial charge in [0.05, 0.1) is 39.1 Å². The SMILES string of the molecule is C=CCOc1c(I)cc(/C=c2/sc3n(c2=O)[C@H](c2ccc(N(C)C)cc2)C(C(=O)OCC)=C(C)N=3)cc1OC. The second-order valence-corrected chi connectivity index (χ2v) is 11.1. The van der Waals surface area contributed by atoms with Gasteiger partial charge in [0.15, 0.2) is 16.3 Å². The smallest absolute Gasteiger partial charge is 0.338 e. The highest BCUT2D eigenvalue weighted by Crippen LogP contribution is 2.34. The number of methoxy groups -OCH3 is 1. The molecule has 2 heterocycles. The number of carbonyl (C=O) groups is 1. The second-order valence-electron chi connectivity index (χ2n) is 8.92. The number of fused-ring (bicyclic) bond motifs is 1. The summed E-state index contributed by atoms with van der Waals surface area (Å²) in [6.07, 6.45) is 3.47. The predicted molar refractivity (Wildman–Crippen MR) is 163 cm³/mol. The van der Waals surface area contributed by atoms with Gasteiger partial charge < -0.3 is 19.1 Å². The van der Waals surface area contributed by atoms with E-state index in [0.717, 1.165) is 20.4 Å². The van der Waals surface area contributed by atoms with Crippen molar-refractivity contribution < 1.29 is 19.0 Å². The number of allylic oxidation sites excluding steroid dienone is 1. The molecule has 0 N–H and O–H groups in total. The Balaban J connectivity index is 1.89. The lowest BCUT2D eigenvalue weighted by Crippen LogP contribution is -2.39. The average molecular weight is 660 g/mol. The molecule has 0 spiro atoms.